The molecule has 11 nitrogen and oxygen atoms in total. The Kier molecular flexibility index (Phi) is 50.0. The highest BCUT2D eigenvalue weighted by atomic mass is 31.2. The van der Waals surface area contributed by atoms with Crippen LogP contribution in [0.3, 0.4) is 0 Å². The van der Waals surface area contributed by atoms with Crippen LogP contribution in [-0.2, 0) is 42.2 Å². The van der Waals surface area contributed by atoms with Crippen molar-refractivity contribution in [1.29, 1.82) is 0 Å². The van der Waals surface area contributed by atoms with Crippen molar-refractivity contribution in [2.75, 3.05) is 26.4 Å². The van der Waals surface area contributed by atoms with Gasteiger partial charge in [-0.1, -0.05) is 184 Å². The van der Waals surface area contributed by atoms with E-state index in [1.54, 1.807) is 0 Å². The van der Waals surface area contributed by atoms with Gasteiger partial charge in [-0.05, 0) is 109 Å². The molecule has 2 N–H and O–H groups in total. The number of phosphoric ester groups is 1. The van der Waals surface area contributed by atoms with Crippen molar-refractivity contribution in [3.8, 4) is 0 Å². The average Bonchev–Trinajstić information content (AvgIpc) is 3.35. The van der Waals surface area contributed by atoms with Gasteiger partial charge < -0.3 is 24.2 Å². The highest BCUT2D eigenvalue weighted by molar-refractivity contribution is 7.47. The predicted molar refractivity (Wildman–Crippen MR) is 288 cm³/mol. The fourth-order valence-corrected chi connectivity index (χ4v) is 8.12. The maximum absolute atomic E-state index is 12.9. The molecule has 0 fully saturated rings. The summed E-state index contributed by atoms with van der Waals surface area (Å²) < 4.78 is 39.4. The van der Waals surface area contributed by atoms with Crippen molar-refractivity contribution in [2.45, 2.75) is 251 Å². The molecule has 0 aliphatic rings. The zero-order valence-corrected chi connectivity index (χ0v) is 45.4. The molecule has 3 unspecified atom stereocenters. The topological polar surface area (TPSA) is 155 Å². The van der Waals surface area contributed by atoms with E-state index in [4.69, 9.17) is 23.3 Å². The third-order valence-corrected chi connectivity index (χ3v) is 12.5. The van der Waals surface area contributed by atoms with E-state index in [0.29, 0.717) is 19.3 Å². The van der Waals surface area contributed by atoms with Crippen LogP contribution >= 0.6 is 7.82 Å². The second kappa shape index (κ2) is 52.2. The maximum Gasteiger partial charge on any atom is 0.472 e. The molecule has 0 aromatic heterocycles. The van der Waals surface area contributed by atoms with Crippen LogP contribution in [0.2, 0.25) is 0 Å². The van der Waals surface area contributed by atoms with Crippen LogP contribution in [0, 0.1) is 0 Å². The molecular formula is C58H101O11P. The summed E-state index contributed by atoms with van der Waals surface area (Å²) >= 11 is 0. The van der Waals surface area contributed by atoms with Crippen molar-refractivity contribution < 1.29 is 52.2 Å². The predicted octanol–water partition coefficient (Wildman–Crippen LogP) is 16.1. The van der Waals surface area contributed by atoms with Gasteiger partial charge in [-0.2, -0.15) is 0 Å². The first-order valence-corrected chi connectivity index (χ1v) is 29.3. The van der Waals surface area contributed by atoms with E-state index in [9.17, 15) is 28.9 Å². The van der Waals surface area contributed by atoms with Gasteiger partial charge in [0, 0.05) is 19.3 Å². The lowest BCUT2D eigenvalue weighted by molar-refractivity contribution is -0.161. The highest BCUT2D eigenvalue weighted by Gasteiger charge is 2.28. The number of hydrogen-bond donors (Lipinski definition) is 2. The Morgan fingerprint density at radius 3 is 1.16 bits per heavy atom. The van der Waals surface area contributed by atoms with E-state index in [0.717, 1.165) is 128 Å². The van der Waals surface area contributed by atoms with Gasteiger partial charge in [0.25, 0.3) is 0 Å². The summed E-state index contributed by atoms with van der Waals surface area (Å²) in [5.74, 6) is -1.51. The molecular weight excluding hydrogens is 904 g/mol. The molecule has 0 rings (SSSR count). The van der Waals surface area contributed by atoms with Crippen molar-refractivity contribution in [3.63, 3.8) is 0 Å². The van der Waals surface area contributed by atoms with Gasteiger partial charge in [-0.3, -0.25) is 23.4 Å². The van der Waals surface area contributed by atoms with Gasteiger partial charge in [0.1, 0.15) is 12.7 Å². The Morgan fingerprint density at radius 1 is 0.414 bits per heavy atom. The van der Waals surface area contributed by atoms with E-state index in [1.165, 1.54) is 51.4 Å². The first-order chi connectivity index (χ1) is 34.2. The molecule has 0 spiro atoms. The lowest BCUT2D eigenvalue weighted by atomic mass is 10.1. The largest absolute Gasteiger partial charge is 0.472 e. The molecule has 404 valence electrons. The number of ether oxygens (including phenoxy) is 3. The maximum atomic E-state index is 12.9. The minimum atomic E-state index is -4.76. The number of aliphatic hydroxyl groups is 1. The van der Waals surface area contributed by atoms with E-state index in [2.05, 4.69) is 93.7 Å². The molecule has 0 amide bonds. The Hall–Kier alpha value is -3.08. The van der Waals surface area contributed by atoms with E-state index < -0.39 is 57.8 Å². The number of unbranched alkanes of at least 4 members (excludes halogenated alkanes) is 22. The number of carbonyl (C=O) groups excluding carboxylic acids is 3. The number of hydrogen-bond acceptors (Lipinski definition) is 10. The fourth-order valence-electron chi connectivity index (χ4n) is 7.34. The lowest BCUT2D eigenvalue weighted by Crippen LogP contribution is -2.30. The van der Waals surface area contributed by atoms with Crippen LogP contribution in [0.15, 0.2) is 72.9 Å². The smallest absolute Gasteiger partial charge is 0.462 e. The number of carbonyl (C=O) groups is 3. The molecule has 12 heteroatoms. The van der Waals surface area contributed by atoms with Crippen molar-refractivity contribution >= 4 is 25.7 Å². The van der Waals surface area contributed by atoms with Gasteiger partial charge >= 0.3 is 25.7 Å². The van der Waals surface area contributed by atoms with E-state index in [-0.39, 0.29) is 25.9 Å². The molecule has 3 atom stereocenters. The van der Waals surface area contributed by atoms with Gasteiger partial charge in [0.15, 0.2) is 6.10 Å². The molecule has 0 aliphatic carbocycles. The van der Waals surface area contributed by atoms with Crippen LogP contribution in [-0.4, -0.2) is 66.5 Å². The summed E-state index contributed by atoms with van der Waals surface area (Å²) in [6.45, 7) is 4.45. The second-order valence-electron chi connectivity index (χ2n) is 18.4. The zero-order valence-electron chi connectivity index (χ0n) is 44.5. The van der Waals surface area contributed by atoms with Crippen LogP contribution in [0.4, 0.5) is 0 Å². The standard InChI is InChI=1S/C58H101O11P/c1-4-7-10-13-16-19-22-25-26-27-28-31-34-37-40-43-46-49-58(62)69-55(51-65-56(60)47-44-41-38-35-32-29-23-20-17-14-11-8-5-2)53-67-70(63,64)66-52-54(50-59)68-57(61)48-45-42-39-36-33-30-24-21-18-15-12-9-6-3/h7,10,16,19-21,23-26,28,31,54-55,59H,4-6,8-9,11-15,17-18,22,27,29-30,32-53H2,1-3H3,(H,63,64)/b10-7-,19-16-,23-20-,24-21-,26-25-,31-28-. The molecule has 0 saturated carbocycles. The number of esters is 3. The Morgan fingerprint density at radius 2 is 0.743 bits per heavy atom. The molecule has 70 heavy (non-hydrogen) atoms. The number of phosphoric acid groups is 1. The number of allylic oxidation sites excluding steroid dienone is 12. The summed E-state index contributed by atoms with van der Waals surface area (Å²) in [5.41, 5.74) is 0. The molecule has 0 aromatic carbocycles. The summed E-state index contributed by atoms with van der Waals surface area (Å²) in [7, 11) is -4.76. The van der Waals surface area contributed by atoms with Crippen LogP contribution < -0.4 is 0 Å². The van der Waals surface area contributed by atoms with Crippen molar-refractivity contribution in [2.24, 2.45) is 0 Å². The van der Waals surface area contributed by atoms with E-state index >= 15 is 0 Å². The third-order valence-electron chi connectivity index (χ3n) is 11.6. The Balaban J connectivity index is 4.79. The number of aliphatic hydroxyl groups excluding tert-OH is 1. The fraction of sp³-hybridized carbons (Fsp3) is 0.741. The summed E-state index contributed by atoms with van der Waals surface area (Å²) in [6, 6.07) is 0. The molecule has 0 aliphatic heterocycles. The normalized spacial score (nSPS) is 14.0. The molecule has 0 heterocycles. The minimum absolute atomic E-state index is 0.136. The summed E-state index contributed by atoms with van der Waals surface area (Å²) in [4.78, 5) is 48.4. The Labute approximate surface area is 427 Å². The average molecular weight is 1010 g/mol. The molecule has 0 radical (unpaired) electrons. The third kappa shape index (κ3) is 49.9. The van der Waals surface area contributed by atoms with E-state index in [1.807, 2.05) is 0 Å². The SMILES string of the molecule is CC/C=C\C/C=C\C/C=C\C/C=C\CCCCCCC(=O)OC(COC(=O)CCCCCCC/C=C\CCCCCC)COP(=O)(O)OCC(CO)OC(=O)CCCCCCC/C=C\CCCCCC. The van der Waals surface area contributed by atoms with Crippen LogP contribution in [0.5, 0.6) is 0 Å². The lowest BCUT2D eigenvalue weighted by Gasteiger charge is -2.21. The molecule has 0 bridgehead atoms. The van der Waals surface area contributed by atoms with Gasteiger partial charge in [0.05, 0.1) is 19.8 Å². The first kappa shape index (κ1) is 66.9. The molecule has 0 aromatic rings. The minimum Gasteiger partial charge on any atom is -0.462 e. The van der Waals surface area contributed by atoms with Crippen molar-refractivity contribution in [3.05, 3.63) is 72.9 Å². The van der Waals surface area contributed by atoms with Gasteiger partial charge in [-0.25, -0.2) is 4.57 Å². The molecule has 0 saturated heterocycles. The van der Waals surface area contributed by atoms with Crippen LogP contribution in [0.25, 0.3) is 0 Å². The number of rotatable bonds is 51. The van der Waals surface area contributed by atoms with Gasteiger partial charge in [-0.15, -0.1) is 0 Å². The summed E-state index contributed by atoms with van der Waals surface area (Å²) in [5, 5.41) is 9.79. The zero-order chi connectivity index (χ0) is 51.3. The monoisotopic (exact) mass is 1000 g/mol. The summed E-state index contributed by atoms with van der Waals surface area (Å²) in [6.07, 6.45) is 57.2. The quantitative estimate of drug-likeness (QED) is 0.0197. The van der Waals surface area contributed by atoms with Crippen LogP contribution in [0.1, 0.15) is 239 Å². The van der Waals surface area contributed by atoms with Gasteiger partial charge in [0.2, 0.25) is 0 Å². The first-order valence-electron chi connectivity index (χ1n) is 27.8. The highest BCUT2D eigenvalue weighted by Crippen LogP contribution is 2.43. The second-order valence-corrected chi connectivity index (χ2v) is 19.8. The Bertz CT molecular complexity index is 1450. The van der Waals surface area contributed by atoms with Crippen molar-refractivity contribution in [1.82, 2.24) is 0 Å².